The van der Waals surface area contributed by atoms with Crippen molar-refractivity contribution in [1.82, 2.24) is 9.66 Å². The minimum absolute atomic E-state index is 0.371. The number of hydrogen-bond acceptors (Lipinski definition) is 3. The molecule has 0 amide bonds. The smallest absolute Gasteiger partial charge is 0.221 e. The van der Waals surface area contributed by atoms with Gasteiger partial charge in [0.25, 0.3) is 0 Å². The van der Waals surface area contributed by atoms with Crippen LogP contribution < -0.4 is 5.73 Å². The predicted molar refractivity (Wildman–Crippen MR) is 81.5 cm³/mol. The Kier molecular flexibility index (Phi) is 3.29. The number of benzene rings is 2. The minimum Gasteiger partial charge on any atom is -0.368 e. The Balaban J connectivity index is 1.98. The summed E-state index contributed by atoms with van der Waals surface area (Å²) in [5, 5.41) is 4.42. The zero-order valence-corrected chi connectivity index (χ0v) is 10.8. The molecule has 0 aliphatic rings. The van der Waals surface area contributed by atoms with Gasteiger partial charge in [0.05, 0.1) is 18.1 Å². The molecule has 0 fully saturated rings. The van der Waals surface area contributed by atoms with E-state index in [-0.39, 0.29) is 0 Å². The van der Waals surface area contributed by atoms with E-state index < -0.39 is 0 Å². The van der Waals surface area contributed by atoms with Gasteiger partial charge in [-0.25, -0.2) is 4.98 Å². The maximum absolute atomic E-state index is 5.88. The number of aromatic nitrogens is 2. The Hall–Kier alpha value is -2.88. The fourth-order valence-electron chi connectivity index (χ4n) is 1.95. The highest BCUT2D eigenvalue weighted by Crippen LogP contribution is 2.21. The number of imidazole rings is 1. The standard InChI is InChI=1S/C16H14N4/c17-16-18-12-15(14-9-5-2-6-10-14)20(16)19-11-13-7-3-1-4-8-13/h1-12H,(H2,17,18)/b19-11-. The number of nitrogen functional groups attached to an aromatic ring is 1. The molecule has 0 saturated carbocycles. The Morgan fingerprint density at radius 3 is 2.30 bits per heavy atom. The molecular weight excluding hydrogens is 248 g/mol. The second-order valence-electron chi connectivity index (χ2n) is 4.33. The lowest BCUT2D eigenvalue weighted by atomic mass is 10.2. The maximum Gasteiger partial charge on any atom is 0.221 e. The molecule has 0 spiro atoms. The number of nitrogens with two attached hydrogens (primary N) is 1. The first-order valence-corrected chi connectivity index (χ1v) is 6.32. The number of rotatable bonds is 3. The van der Waals surface area contributed by atoms with Gasteiger partial charge in [0, 0.05) is 5.56 Å². The number of hydrogen-bond donors (Lipinski definition) is 1. The molecule has 0 atom stereocenters. The van der Waals surface area contributed by atoms with Crippen molar-refractivity contribution in [2.45, 2.75) is 0 Å². The van der Waals surface area contributed by atoms with Crippen molar-refractivity contribution in [3.8, 4) is 11.3 Å². The summed E-state index contributed by atoms with van der Waals surface area (Å²) in [6.45, 7) is 0. The zero-order chi connectivity index (χ0) is 13.8. The first-order chi connectivity index (χ1) is 9.84. The van der Waals surface area contributed by atoms with Crippen molar-refractivity contribution in [3.05, 3.63) is 72.4 Å². The van der Waals surface area contributed by atoms with Crippen molar-refractivity contribution in [1.29, 1.82) is 0 Å². The van der Waals surface area contributed by atoms with Crippen LogP contribution in [0.15, 0.2) is 72.0 Å². The maximum atomic E-state index is 5.88. The summed E-state index contributed by atoms with van der Waals surface area (Å²) in [5.41, 5.74) is 8.79. The molecule has 0 aliphatic heterocycles. The summed E-state index contributed by atoms with van der Waals surface area (Å²) >= 11 is 0. The fraction of sp³-hybridized carbons (Fsp3) is 0. The first-order valence-electron chi connectivity index (χ1n) is 6.32. The molecule has 1 aromatic heterocycles. The summed E-state index contributed by atoms with van der Waals surface area (Å²) in [4.78, 5) is 4.13. The van der Waals surface area contributed by atoms with Gasteiger partial charge in [-0.1, -0.05) is 60.7 Å². The van der Waals surface area contributed by atoms with Crippen molar-refractivity contribution < 1.29 is 0 Å². The van der Waals surface area contributed by atoms with Crippen LogP contribution in [0.2, 0.25) is 0 Å². The molecule has 0 saturated heterocycles. The van der Waals surface area contributed by atoms with Gasteiger partial charge in [0.1, 0.15) is 0 Å². The SMILES string of the molecule is Nc1ncc(-c2ccccc2)n1/N=C\c1ccccc1. The van der Waals surface area contributed by atoms with Crippen LogP contribution in [0.3, 0.4) is 0 Å². The molecule has 0 aliphatic carbocycles. The van der Waals surface area contributed by atoms with Crippen molar-refractivity contribution in [2.24, 2.45) is 5.10 Å². The van der Waals surface area contributed by atoms with E-state index in [2.05, 4.69) is 10.1 Å². The highest BCUT2D eigenvalue weighted by molar-refractivity contribution is 5.79. The lowest BCUT2D eigenvalue weighted by molar-refractivity contribution is 0.906. The topological polar surface area (TPSA) is 56.2 Å². The first kappa shape index (κ1) is 12.2. The average Bonchev–Trinajstić information content (AvgIpc) is 2.88. The van der Waals surface area contributed by atoms with Gasteiger partial charge in [-0.05, 0) is 5.56 Å². The van der Waals surface area contributed by atoms with Crippen LogP contribution in [-0.4, -0.2) is 15.9 Å². The third-order valence-corrected chi connectivity index (χ3v) is 2.96. The highest BCUT2D eigenvalue weighted by Gasteiger charge is 2.07. The second kappa shape index (κ2) is 5.40. The van der Waals surface area contributed by atoms with E-state index in [4.69, 9.17) is 5.73 Å². The van der Waals surface area contributed by atoms with Crippen LogP contribution in [0, 0.1) is 0 Å². The summed E-state index contributed by atoms with van der Waals surface area (Å²) in [7, 11) is 0. The van der Waals surface area contributed by atoms with E-state index >= 15 is 0 Å². The van der Waals surface area contributed by atoms with Gasteiger partial charge in [-0.2, -0.15) is 9.78 Å². The average molecular weight is 262 g/mol. The van der Waals surface area contributed by atoms with Gasteiger partial charge < -0.3 is 5.73 Å². The van der Waals surface area contributed by atoms with Gasteiger partial charge in [-0.3, -0.25) is 0 Å². The molecule has 2 N–H and O–H groups in total. The third-order valence-electron chi connectivity index (χ3n) is 2.96. The van der Waals surface area contributed by atoms with Crippen LogP contribution in [0.5, 0.6) is 0 Å². The summed E-state index contributed by atoms with van der Waals surface area (Å²) in [6, 6.07) is 19.8. The predicted octanol–water partition coefficient (Wildman–Crippen LogP) is 3.01. The van der Waals surface area contributed by atoms with Gasteiger partial charge in [-0.15, -0.1) is 0 Å². The molecule has 3 rings (SSSR count). The van der Waals surface area contributed by atoms with Crippen molar-refractivity contribution >= 4 is 12.2 Å². The molecular formula is C16H14N4. The molecule has 1 heterocycles. The van der Waals surface area contributed by atoms with E-state index in [1.807, 2.05) is 60.7 Å². The van der Waals surface area contributed by atoms with Crippen LogP contribution in [0.1, 0.15) is 5.56 Å². The van der Waals surface area contributed by atoms with Crippen LogP contribution in [0.4, 0.5) is 5.95 Å². The summed E-state index contributed by atoms with van der Waals surface area (Å²) in [5.74, 6) is 0.371. The van der Waals surface area contributed by atoms with Gasteiger partial charge in [0.15, 0.2) is 0 Å². The molecule has 0 bridgehead atoms. The van der Waals surface area contributed by atoms with Crippen molar-refractivity contribution in [2.75, 3.05) is 5.73 Å². The Morgan fingerprint density at radius 1 is 0.950 bits per heavy atom. The normalized spacial score (nSPS) is 11.0. The van der Waals surface area contributed by atoms with Gasteiger partial charge in [0.2, 0.25) is 5.95 Å². The van der Waals surface area contributed by atoms with Gasteiger partial charge >= 0.3 is 0 Å². The fourth-order valence-corrected chi connectivity index (χ4v) is 1.95. The van der Waals surface area contributed by atoms with Crippen LogP contribution in [-0.2, 0) is 0 Å². The molecule has 4 nitrogen and oxygen atoms in total. The lowest BCUT2D eigenvalue weighted by Crippen LogP contribution is -2.00. The minimum atomic E-state index is 0.371. The third kappa shape index (κ3) is 2.44. The zero-order valence-electron chi connectivity index (χ0n) is 10.8. The van der Waals surface area contributed by atoms with E-state index in [0.29, 0.717) is 5.95 Å². The Labute approximate surface area is 117 Å². The van der Waals surface area contributed by atoms with E-state index in [0.717, 1.165) is 16.8 Å². The summed E-state index contributed by atoms with van der Waals surface area (Å²) in [6.07, 6.45) is 3.50. The van der Waals surface area contributed by atoms with E-state index in [1.165, 1.54) is 0 Å². The number of nitrogens with zero attached hydrogens (tertiary/aromatic N) is 3. The Morgan fingerprint density at radius 2 is 1.60 bits per heavy atom. The molecule has 20 heavy (non-hydrogen) atoms. The molecule has 0 radical (unpaired) electrons. The van der Waals surface area contributed by atoms with Crippen LogP contribution in [0.25, 0.3) is 11.3 Å². The molecule has 2 aromatic carbocycles. The lowest BCUT2D eigenvalue weighted by Gasteiger charge is -2.03. The molecule has 98 valence electrons. The summed E-state index contributed by atoms with van der Waals surface area (Å²) < 4.78 is 1.64. The monoisotopic (exact) mass is 262 g/mol. The van der Waals surface area contributed by atoms with E-state index in [9.17, 15) is 0 Å². The Bertz CT molecular complexity index is 715. The van der Waals surface area contributed by atoms with E-state index in [1.54, 1.807) is 17.1 Å². The van der Waals surface area contributed by atoms with Crippen LogP contribution >= 0.6 is 0 Å². The van der Waals surface area contributed by atoms with Crippen molar-refractivity contribution in [3.63, 3.8) is 0 Å². The second-order valence-corrected chi connectivity index (χ2v) is 4.33. The molecule has 3 aromatic rings. The quantitative estimate of drug-likeness (QED) is 0.738. The molecule has 0 unspecified atom stereocenters. The highest BCUT2D eigenvalue weighted by atomic mass is 15.4. The molecule has 4 heteroatoms. The number of anilines is 1. The largest absolute Gasteiger partial charge is 0.368 e.